The number of aliphatic hydroxyl groups excluding tert-OH is 3. The lowest BCUT2D eigenvalue weighted by atomic mass is 9.99. The van der Waals surface area contributed by atoms with E-state index in [9.17, 15) is 30.0 Å². The first-order chi connectivity index (χ1) is 16.2. The fourth-order valence-electron chi connectivity index (χ4n) is 4.13. The van der Waals surface area contributed by atoms with Gasteiger partial charge in [-0.15, -0.1) is 0 Å². The predicted octanol–water partition coefficient (Wildman–Crippen LogP) is 3.31. The highest BCUT2D eigenvalue weighted by Crippen LogP contribution is 2.25. The Morgan fingerprint density at radius 1 is 0.794 bits per heavy atom. The first kappa shape index (κ1) is 30.8. The van der Waals surface area contributed by atoms with Gasteiger partial charge in [0.2, 0.25) is 0 Å². The van der Waals surface area contributed by atoms with Crippen molar-refractivity contribution >= 4 is 11.9 Å². The Morgan fingerprint density at radius 3 is 1.94 bits per heavy atom. The molecule has 7 atom stereocenters. The third-order valence-electron chi connectivity index (χ3n) is 6.24. The first-order valence-electron chi connectivity index (χ1n) is 13.0. The smallest absolute Gasteiger partial charge is 0.308 e. The van der Waals surface area contributed by atoms with E-state index < -0.39 is 54.9 Å². The zero-order valence-corrected chi connectivity index (χ0v) is 21.1. The van der Waals surface area contributed by atoms with Crippen LogP contribution in [0.1, 0.15) is 104 Å². The van der Waals surface area contributed by atoms with Crippen LogP contribution in [0.25, 0.3) is 0 Å². The Bertz CT molecular complexity index is 571. The number of aliphatic carboxylic acids is 1. The van der Waals surface area contributed by atoms with Crippen LogP contribution in [0.2, 0.25) is 0 Å². The van der Waals surface area contributed by atoms with Gasteiger partial charge in [0.25, 0.3) is 0 Å². The molecule has 9 heteroatoms. The summed E-state index contributed by atoms with van der Waals surface area (Å²) in [4.78, 5) is 23.9. The Morgan fingerprint density at radius 2 is 1.35 bits per heavy atom. The van der Waals surface area contributed by atoms with Gasteiger partial charge in [0.05, 0.1) is 25.0 Å². The number of aliphatic hydroxyl groups is 3. The molecule has 0 spiro atoms. The molecular formula is C25H46O9. The topological polar surface area (TPSA) is 143 Å². The molecule has 2 unspecified atom stereocenters. The van der Waals surface area contributed by atoms with Crippen LogP contribution in [0, 0.1) is 0 Å². The second kappa shape index (κ2) is 17.2. The van der Waals surface area contributed by atoms with Gasteiger partial charge in [-0.2, -0.15) is 0 Å². The standard InChI is InChI=1S/C25H46O9/c1-4-6-8-10-12-13-18(15-20(26)27)33-21(28)16-19(14-11-9-7-5-2)34-25-24(31)23(30)22(29)17(3)32-25/h17-19,22-25,29-31H,4-16H2,1-3H3,(H,26,27)/t17-,18?,19?,22-,23+,24+,25-/m0/s1. The number of hydrogen-bond donors (Lipinski definition) is 4. The molecule has 0 aromatic heterocycles. The molecule has 1 rings (SSSR count). The predicted molar refractivity (Wildman–Crippen MR) is 126 cm³/mol. The van der Waals surface area contributed by atoms with E-state index in [1.54, 1.807) is 6.92 Å². The Kier molecular flexibility index (Phi) is 15.6. The normalized spacial score (nSPS) is 26.7. The van der Waals surface area contributed by atoms with Gasteiger partial charge in [-0.3, -0.25) is 9.59 Å². The summed E-state index contributed by atoms with van der Waals surface area (Å²) in [6.45, 7) is 5.78. The molecule has 1 saturated heterocycles. The summed E-state index contributed by atoms with van der Waals surface area (Å²) in [7, 11) is 0. The van der Waals surface area contributed by atoms with Crippen LogP contribution in [-0.2, 0) is 23.8 Å². The fraction of sp³-hybridized carbons (Fsp3) is 0.920. The van der Waals surface area contributed by atoms with Crippen molar-refractivity contribution in [2.75, 3.05) is 0 Å². The molecule has 200 valence electrons. The van der Waals surface area contributed by atoms with E-state index >= 15 is 0 Å². The van der Waals surface area contributed by atoms with Crippen LogP contribution in [0.3, 0.4) is 0 Å². The number of rotatable bonds is 18. The highest BCUT2D eigenvalue weighted by Gasteiger charge is 2.43. The number of carbonyl (C=O) groups excluding carboxylic acids is 1. The summed E-state index contributed by atoms with van der Waals surface area (Å²) >= 11 is 0. The van der Waals surface area contributed by atoms with E-state index in [1.165, 1.54) is 0 Å². The van der Waals surface area contributed by atoms with Gasteiger partial charge in [0.1, 0.15) is 24.4 Å². The summed E-state index contributed by atoms with van der Waals surface area (Å²) < 4.78 is 16.9. The number of unbranched alkanes of at least 4 members (excludes halogenated alkanes) is 7. The van der Waals surface area contributed by atoms with E-state index in [1.807, 2.05) is 0 Å². The Labute approximate surface area is 203 Å². The van der Waals surface area contributed by atoms with Crippen molar-refractivity contribution in [3.8, 4) is 0 Å². The quantitative estimate of drug-likeness (QED) is 0.168. The zero-order valence-electron chi connectivity index (χ0n) is 21.1. The number of hydrogen-bond acceptors (Lipinski definition) is 8. The minimum atomic E-state index is -1.46. The second-order valence-corrected chi connectivity index (χ2v) is 9.41. The summed E-state index contributed by atoms with van der Waals surface area (Å²) in [5.41, 5.74) is 0. The summed E-state index contributed by atoms with van der Waals surface area (Å²) in [5, 5.41) is 39.4. The number of carbonyl (C=O) groups is 2. The Hall–Kier alpha value is -1.26. The SMILES string of the molecule is CCCCCCCC(CC(=O)O)OC(=O)CC(CCCCCC)O[C@@H]1O[C@@H](C)[C@H](O)[C@@H](O)[C@H]1O. The van der Waals surface area contributed by atoms with Crippen LogP contribution in [-0.4, -0.2) is 75.3 Å². The molecule has 0 amide bonds. The minimum absolute atomic E-state index is 0.113. The van der Waals surface area contributed by atoms with Gasteiger partial charge in [0.15, 0.2) is 6.29 Å². The largest absolute Gasteiger partial charge is 0.481 e. The van der Waals surface area contributed by atoms with Crippen molar-refractivity contribution in [2.45, 2.75) is 147 Å². The van der Waals surface area contributed by atoms with Crippen molar-refractivity contribution in [3.63, 3.8) is 0 Å². The van der Waals surface area contributed by atoms with Crippen LogP contribution in [0.15, 0.2) is 0 Å². The first-order valence-corrected chi connectivity index (χ1v) is 13.0. The Balaban J connectivity index is 2.71. The van der Waals surface area contributed by atoms with Gasteiger partial charge in [0, 0.05) is 0 Å². The van der Waals surface area contributed by atoms with E-state index in [4.69, 9.17) is 14.2 Å². The van der Waals surface area contributed by atoms with Gasteiger partial charge in [-0.05, 0) is 26.2 Å². The monoisotopic (exact) mass is 490 g/mol. The third kappa shape index (κ3) is 11.9. The number of ether oxygens (including phenoxy) is 3. The highest BCUT2D eigenvalue weighted by atomic mass is 16.7. The van der Waals surface area contributed by atoms with Gasteiger partial charge >= 0.3 is 11.9 Å². The van der Waals surface area contributed by atoms with Crippen molar-refractivity contribution in [3.05, 3.63) is 0 Å². The molecule has 34 heavy (non-hydrogen) atoms. The third-order valence-corrected chi connectivity index (χ3v) is 6.24. The number of esters is 1. The maximum absolute atomic E-state index is 12.7. The lowest BCUT2D eigenvalue weighted by Crippen LogP contribution is -2.58. The molecule has 1 aliphatic rings. The summed E-state index contributed by atoms with van der Waals surface area (Å²) in [6, 6.07) is 0. The molecular weight excluding hydrogens is 444 g/mol. The van der Waals surface area contributed by atoms with Crippen molar-refractivity contribution in [1.29, 1.82) is 0 Å². The van der Waals surface area contributed by atoms with Crippen LogP contribution in [0.4, 0.5) is 0 Å². The van der Waals surface area contributed by atoms with Crippen LogP contribution in [0.5, 0.6) is 0 Å². The minimum Gasteiger partial charge on any atom is -0.481 e. The van der Waals surface area contributed by atoms with Crippen molar-refractivity contribution < 1.29 is 44.2 Å². The molecule has 4 N–H and O–H groups in total. The van der Waals surface area contributed by atoms with Crippen LogP contribution < -0.4 is 0 Å². The molecule has 1 aliphatic heterocycles. The van der Waals surface area contributed by atoms with Crippen LogP contribution >= 0.6 is 0 Å². The molecule has 1 fully saturated rings. The van der Waals surface area contributed by atoms with Crippen molar-refractivity contribution in [2.24, 2.45) is 0 Å². The maximum atomic E-state index is 12.7. The van der Waals surface area contributed by atoms with Gasteiger partial charge in [-0.1, -0.05) is 65.2 Å². The van der Waals surface area contributed by atoms with Gasteiger partial charge in [-0.25, -0.2) is 0 Å². The molecule has 0 aliphatic carbocycles. The zero-order chi connectivity index (χ0) is 25.5. The average molecular weight is 491 g/mol. The summed E-state index contributed by atoms with van der Waals surface area (Å²) in [5.74, 6) is -1.57. The summed E-state index contributed by atoms with van der Waals surface area (Å²) in [6.07, 6.45) is 2.20. The lowest BCUT2D eigenvalue weighted by Gasteiger charge is -2.40. The molecule has 0 radical (unpaired) electrons. The lowest BCUT2D eigenvalue weighted by molar-refractivity contribution is -0.304. The molecule has 9 nitrogen and oxygen atoms in total. The number of carboxylic acid groups (broad SMARTS) is 1. The number of carboxylic acids is 1. The molecule has 0 aromatic rings. The van der Waals surface area contributed by atoms with E-state index in [-0.39, 0.29) is 12.8 Å². The molecule has 1 heterocycles. The maximum Gasteiger partial charge on any atom is 0.308 e. The average Bonchev–Trinajstić information content (AvgIpc) is 2.78. The molecule has 0 aromatic carbocycles. The fourth-order valence-corrected chi connectivity index (χ4v) is 4.13. The van der Waals surface area contributed by atoms with Crippen molar-refractivity contribution in [1.82, 2.24) is 0 Å². The van der Waals surface area contributed by atoms with E-state index in [0.717, 1.165) is 57.8 Å². The second-order valence-electron chi connectivity index (χ2n) is 9.41. The highest BCUT2D eigenvalue weighted by molar-refractivity contribution is 5.72. The molecule has 0 saturated carbocycles. The van der Waals surface area contributed by atoms with Gasteiger partial charge < -0.3 is 34.6 Å². The van der Waals surface area contributed by atoms with E-state index in [0.29, 0.717) is 12.8 Å². The molecule has 0 bridgehead atoms. The van der Waals surface area contributed by atoms with E-state index in [2.05, 4.69) is 13.8 Å².